The molecular weight excluding hydrogens is 412 g/mol. The Morgan fingerprint density at radius 1 is 1.00 bits per heavy atom. The molecule has 0 atom stereocenters. The van der Waals surface area contributed by atoms with Gasteiger partial charge in [-0.05, 0) is 23.8 Å². The van der Waals surface area contributed by atoms with Crippen LogP contribution in [0.25, 0.3) is 22.5 Å². The standard InChI is InChI=1S/C28H20N2O3/c1-3-16-32-25-15-14-23(31-2)17-22(25)19-30-28-24(18-29)26(20-10-6-4-7-11-20)27(33-28)21-12-8-5-9-13-21/h1,4-15,17,19H,16H2,2H3. The molecule has 5 heteroatoms. The molecule has 1 aromatic heterocycles. The summed E-state index contributed by atoms with van der Waals surface area (Å²) in [4.78, 5) is 4.52. The second-order valence-electron chi connectivity index (χ2n) is 6.98. The van der Waals surface area contributed by atoms with Crippen molar-refractivity contribution in [1.29, 1.82) is 5.26 Å². The Balaban J connectivity index is 1.85. The number of hydrogen-bond acceptors (Lipinski definition) is 5. The predicted octanol–water partition coefficient (Wildman–Crippen LogP) is 6.26. The van der Waals surface area contributed by atoms with Crippen LogP contribution in [0.4, 0.5) is 5.88 Å². The van der Waals surface area contributed by atoms with Crippen molar-refractivity contribution in [3.8, 4) is 52.4 Å². The van der Waals surface area contributed by atoms with Crippen molar-refractivity contribution in [3.05, 3.63) is 90.0 Å². The van der Waals surface area contributed by atoms with Crippen LogP contribution in [0.5, 0.6) is 11.5 Å². The summed E-state index contributed by atoms with van der Waals surface area (Å²) in [7, 11) is 1.58. The SMILES string of the molecule is C#CCOc1ccc(OC)cc1C=Nc1oc(-c2ccccc2)c(-c2ccccc2)c1C#N. The summed E-state index contributed by atoms with van der Waals surface area (Å²) in [5, 5.41) is 10.0. The fourth-order valence-electron chi connectivity index (χ4n) is 3.42. The number of furan rings is 1. The lowest BCUT2D eigenvalue weighted by Crippen LogP contribution is -1.98. The molecule has 0 spiro atoms. The van der Waals surface area contributed by atoms with Crippen molar-refractivity contribution < 1.29 is 13.9 Å². The number of terminal acetylenes is 1. The number of hydrogen-bond donors (Lipinski definition) is 0. The molecule has 3 aromatic carbocycles. The van der Waals surface area contributed by atoms with Crippen molar-refractivity contribution in [3.63, 3.8) is 0 Å². The van der Waals surface area contributed by atoms with Crippen LogP contribution in [0, 0.1) is 23.7 Å². The van der Waals surface area contributed by atoms with Gasteiger partial charge in [0.05, 0.1) is 7.11 Å². The molecule has 5 nitrogen and oxygen atoms in total. The maximum absolute atomic E-state index is 10.0. The van der Waals surface area contributed by atoms with Crippen molar-refractivity contribution >= 4 is 12.1 Å². The molecule has 0 aliphatic heterocycles. The summed E-state index contributed by atoms with van der Waals surface area (Å²) in [5.74, 6) is 4.43. The Kier molecular flexibility index (Phi) is 6.54. The lowest BCUT2D eigenvalue weighted by molar-refractivity contribution is 0.367. The molecule has 0 saturated heterocycles. The van der Waals surface area contributed by atoms with E-state index in [2.05, 4.69) is 17.0 Å². The molecule has 4 rings (SSSR count). The first-order valence-electron chi connectivity index (χ1n) is 10.2. The first-order chi connectivity index (χ1) is 16.2. The second kappa shape index (κ2) is 10.0. The van der Waals surface area contributed by atoms with Gasteiger partial charge in [-0.3, -0.25) is 0 Å². The number of benzene rings is 3. The van der Waals surface area contributed by atoms with Crippen molar-refractivity contribution in [2.45, 2.75) is 0 Å². The normalized spacial score (nSPS) is 10.5. The van der Waals surface area contributed by atoms with Gasteiger partial charge < -0.3 is 13.9 Å². The highest BCUT2D eigenvalue weighted by Crippen LogP contribution is 2.42. The van der Waals surface area contributed by atoms with Crippen LogP contribution in [0.2, 0.25) is 0 Å². The Morgan fingerprint density at radius 2 is 1.70 bits per heavy atom. The van der Waals surface area contributed by atoms with Crippen LogP contribution in [-0.4, -0.2) is 19.9 Å². The topological polar surface area (TPSA) is 67.8 Å². The van der Waals surface area contributed by atoms with Crippen LogP contribution in [0.3, 0.4) is 0 Å². The molecule has 0 bridgehead atoms. The molecule has 1 heterocycles. The first kappa shape index (κ1) is 21.5. The predicted molar refractivity (Wildman–Crippen MR) is 129 cm³/mol. The van der Waals surface area contributed by atoms with E-state index in [1.54, 1.807) is 31.5 Å². The van der Waals surface area contributed by atoms with E-state index in [4.69, 9.17) is 20.3 Å². The van der Waals surface area contributed by atoms with E-state index in [-0.39, 0.29) is 12.5 Å². The number of ether oxygens (including phenoxy) is 2. The van der Waals surface area contributed by atoms with Crippen LogP contribution in [0.1, 0.15) is 11.1 Å². The van der Waals surface area contributed by atoms with Gasteiger partial charge in [-0.2, -0.15) is 5.26 Å². The van der Waals surface area contributed by atoms with E-state index in [1.165, 1.54) is 0 Å². The minimum atomic E-state index is 0.119. The van der Waals surface area contributed by atoms with Gasteiger partial charge in [0.25, 0.3) is 0 Å². The third-order valence-corrected chi connectivity index (χ3v) is 4.95. The van der Waals surface area contributed by atoms with Gasteiger partial charge in [-0.1, -0.05) is 66.6 Å². The Bertz CT molecular complexity index is 1360. The van der Waals surface area contributed by atoms with Crippen LogP contribution in [0.15, 0.2) is 88.3 Å². The average molecular weight is 432 g/mol. The lowest BCUT2D eigenvalue weighted by Gasteiger charge is -2.08. The minimum absolute atomic E-state index is 0.119. The number of methoxy groups -OCH3 is 1. The quantitative estimate of drug-likeness (QED) is 0.255. The van der Waals surface area contributed by atoms with E-state index in [0.717, 1.165) is 11.1 Å². The Hall–Kier alpha value is -4.74. The second-order valence-corrected chi connectivity index (χ2v) is 6.98. The molecule has 0 amide bonds. The first-order valence-corrected chi connectivity index (χ1v) is 10.2. The van der Waals surface area contributed by atoms with Gasteiger partial charge in [0.2, 0.25) is 5.88 Å². The molecule has 0 radical (unpaired) electrons. The molecule has 0 fully saturated rings. The zero-order valence-corrected chi connectivity index (χ0v) is 18.0. The number of nitrogens with zero attached hydrogens (tertiary/aromatic N) is 2. The minimum Gasteiger partial charge on any atom is -0.497 e. The van der Waals surface area contributed by atoms with Gasteiger partial charge >= 0.3 is 0 Å². The zero-order valence-electron chi connectivity index (χ0n) is 18.0. The van der Waals surface area contributed by atoms with Crippen molar-refractivity contribution in [2.75, 3.05) is 13.7 Å². The third-order valence-electron chi connectivity index (χ3n) is 4.95. The summed E-state index contributed by atoms with van der Waals surface area (Å²) in [6.07, 6.45) is 6.91. The van der Waals surface area contributed by atoms with Gasteiger partial charge in [0.15, 0.2) is 0 Å². The summed E-state index contributed by atoms with van der Waals surface area (Å²) in [6.45, 7) is 0.119. The molecule has 0 N–H and O–H groups in total. The molecule has 4 aromatic rings. The van der Waals surface area contributed by atoms with E-state index in [1.807, 2.05) is 60.7 Å². The van der Waals surface area contributed by atoms with Gasteiger partial charge in [0.1, 0.15) is 35.5 Å². The highest BCUT2D eigenvalue weighted by Gasteiger charge is 2.22. The summed E-state index contributed by atoms with van der Waals surface area (Å²) < 4.78 is 17.1. The average Bonchev–Trinajstić information content (AvgIpc) is 3.26. The highest BCUT2D eigenvalue weighted by atomic mass is 16.5. The molecule has 0 aliphatic carbocycles. The van der Waals surface area contributed by atoms with E-state index >= 15 is 0 Å². The van der Waals surface area contributed by atoms with Crippen molar-refractivity contribution in [1.82, 2.24) is 0 Å². The maximum atomic E-state index is 10.0. The number of rotatable bonds is 7. The molecule has 0 unspecified atom stereocenters. The lowest BCUT2D eigenvalue weighted by atomic mass is 9.98. The highest BCUT2D eigenvalue weighted by molar-refractivity contribution is 5.91. The molecule has 0 aliphatic rings. The van der Waals surface area contributed by atoms with E-state index < -0.39 is 0 Å². The van der Waals surface area contributed by atoms with E-state index in [9.17, 15) is 5.26 Å². The smallest absolute Gasteiger partial charge is 0.238 e. The maximum Gasteiger partial charge on any atom is 0.238 e. The Morgan fingerprint density at radius 3 is 2.33 bits per heavy atom. The molecular formula is C28H20N2O3. The number of aliphatic imine (C=N–C) groups is 1. The fraction of sp³-hybridized carbons (Fsp3) is 0.0714. The summed E-state index contributed by atoms with van der Waals surface area (Å²) in [6, 6.07) is 26.9. The fourth-order valence-corrected chi connectivity index (χ4v) is 3.42. The van der Waals surface area contributed by atoms with Crippen LogP contribution in [-0.2, 0) is 0 Å². The summed E-state index contributed by atoms with van der Waals surface area (Å²) in [5.41, 5.74) is 3.43. The van der Waals surface area contributed by atoms with Crippen molar-refractivity contribution in [2.24, 2.45) is 4.99 Å². The molecule has 0 saturated carbocycles. The van der Waals surface area contributed by atoms with Crippen LogP contribution < -0.4 is 9.47 Å². The summed E-state index contributed by atoms with van der Waals surface area (Å²) >= 11 is 0. The zero-order chi connectivity index (χ0) is 23.0. The van der Waals surface area contributed by atoms with Crippen LogP contribution >= 0.6 is 0 Å². The molecule has 160 valence electrons. The van der Waals surface area contributed by atoms with Gasteiger partial charge in [0, 0.05) is 22.9 Å². The monoisotopic (exact) mass is 432 g/mol. The largest absolute Gasteiger partial charge is 0.497 e. The third kappa shape index (κ3) is 4.63. The van der Waals surface area contributed by atoms with Gasteiger partial charge in [-0.25, -0.2) is 4.99 Å². The number of nitriles is 1. The van der Waals surface area contributed by atoms with E-state index in [0.29, 0.717) is 33.9 Å². The Labute approximate surface area is 192 Å². The molecule has 33 heavy (non-hydrogen) atoms. The van der Waals surface area contributed by atoms with Gasteiger partial charge in [-0.15, -0.1) is 6.42 Å².